The second kappa shape index (κ2) is 4.88. The molecule has 17 heavy (non-hydrogen) atoms. The Labute approximate surface area is 102 Å². The summed E-state index contributed by atoms with van der Waals surface area (Å²) in [7, 11) is 0. The van der Waals surface area contributed by atoms with Gasteiger partial charge in [0.15, 0.2) is 5.78 Å². The summed E-state index contributed by atoms with van der Waals surface area (Å²) in [6.07, 6.45) is 3.20. The van der Waals surface area contributed by atoms with Crippen molar-refractivity contribution in [1.29, 1.82) is 0 Å². The van der Waals surface area contributed by atoms with E-state index in [1.807, 2.05) is 0 Å². The molecule has 0 saturated carbocycles. The first-order valence-electron chi connectivity index (χ1n) is 4.99. The van der Waals surface area contributed by atoms with Crippen molar-refractivity contribution in [1.82, 2.24) is 4.98 Å². The third-order valence-electron chi connectivity index (χ3n) is 2.11. The minimum atomic E-state index is -0.214. The highest BCUT2D eigenvalue weighted by Gasteiger charge is 2.11. The molecule has 0 aliphatic rings. The number of nitrogens with zero attached hydrogens (tertiary/aromatic N) is 1. The van der Waals surface area contributed by atoms with E-state index in [4.69, 9.17) is 0 Å². The zero-order valence-corrected chi connectivity index (χ0v) is 9.95. The van der Waals surface area contributed by atoms with E-state index in [-0.39, 0.29) is 11.7 Å². The molecule has 1 N–H and O–H groups in total. The highest BCUT2D eigenvalue weighted by atomic mass is 32.1. The largest absolute Gasteiger partial charge is 0.321 e. The Hall–Kier alpha value is -2.01. The predicted octanol–water partition coefficient (Wildman–Crippen LogP) is 2.60. The van der Waals surface area contributed by atoms with Crippen LogP contribution in [0.3, 0.4) is 0 Å². The SMILES string of the molecule is CC(=O)c1ccc(C(=O)Nc2ccncc2)s1. The summed E-state index contributed by atoms with van der Waals surface area (Å²) >= 11 is 1.19. The number of rotatable bonds is 3. The van der Waals surface area contributed by atoms with Crippen molar-refractivity contribution in [3.63, 3.8) is 0 Å². The van der Waals surface area contributed by atoms with Gasteiger partial charge in [-0.25, -0.2) is 0 Å². The van der Waals surface area contributed by atoms with Gasteiger partial charge < -0.3 is 5.32 Å². The molecular weight excluding hydrogens is 236 g/mol. The molecule has 0 aliphatic heterocycles. The molecule has 4 nitrogen and oxygen atoms in total. The van der Waals surface area contributed by atoms with Crippen molar-refractivity contribution in [3.8, 4) is 0 Å². The summed E-state index contributed by atoms with van der Waals surface area (Å²) in [6, 6.07) is 6.72. The number of thiophene rings is 1. The van der Waals surface area contributed by atoms with Gasteiger partial charge >= 0.3 is 0 Å². The van der Waals surface area contributed by atoms with Crippen LogP contribution in [0.2, 0.25) is 0 Å². The number of carbonyl (C=O) groups excluding carboxylic acids is 2. The van der Waals surface area contributed by atoms with Crippen LogP contribution in [0.15, 0.2) is 36.7 Å². The minimum absolute atomic E-state index is 0.0297. The Kier molecular flexibility index (Phi) is 3.30. The van der Waals surface area contributed by atoms with E-state index in [1.54, 1.807) is 36.7 Å². The fourth-order valence-electron chi connectivity index (χ4n) is 1.28. The van der Waals surface area contributed by atoms with E-state index in [0.717, 1.165) is 0 Å². The number of hydrogen-bond acceptors (Lipinski definition) is 4. The lowest BCUT2D eigenvalue weighted by atomic mass is 10.3. The fourth-order valence-corrected chi connectivity index (χ4v) is 2.07. The topological polar surface area (TPSA) is 59.1 Å². The molecule has 2 aromatic heterocycles. The highest BCUT2D eigenvalue weighted by Crippen LogP contribution is 2.18. The van der Waals surface area contributed by atoms with E-state index in [9.17, 15) is 9.59 Å². The van der Waals surface area contributed by atoms with Gasteiger partial charge in [0.1, 0.15) is 0 Å². The maximum atomic E-state index is 11.8. The van der Waals surface area contributed by atoms with Crippen molar-refractivity contribution >= 4 is 28.7 Å². The molecule has 0 atom stereocenters. The first-order chi connectivity index (χ1) is 8.16. The maximum absolute atomic E-state index is 11.8. The summed E-state index contributed by atoms with van der Waals surface area (Å²) in [5.41, 5.74) is 0.683. The number of carbonyl (C=O) groups is 2. The molecule has 0 unspecified atom stereocenters. The maximum Gasteiger partial charge on any atom is 0.265 e. The third kappa shape index (κ3) is 2.76. The van der Waals surface area contributed by atoms with E-state index in [0.29, 0.717) is 15.4 Å². The second-order valence-electron chi connectivity index (χ2n) is 3.41. The van der Waals surface area contributed by atoms with Crippen molar-refractivity contribution in [2.24, 2.45) is 0 Å². The van der Waals surface area contributed by atoms with Crippen molar-refractivity contribution in [3.05, 3.63) is 46.4 Å². The first kappa shape index (κ1) is 11.5. The molecule has 0 bridgehead atoms. The lowest BCUT2D eigenvalue weighted by molar-refractivity contribution is 0.101. The number of hydrogen-bond donors (Lipinski definition) is 1. The fraction of sp³-hybridized carbons (Fsp3) is 0.0833. The Bertz CT molecular complexity index is 549. The van der Waals surface area contributed by atoms with Crippen molar-refractivity contribution in [2.75, 3.05) is 5.32 Å². The van der Waals surface area contributed by atoms with Gasteiger partial charge in [-0.1, -0.05) is 0 Å². The number of nitrogens with one attached hydrogen (secondary N) is 1. The molecule has 2 aromatic rings. The summed E-state index contributed by atoms with van der Waals surface area (Å²) in [6.45, 7) is 1.48. The number of ketones is 1. The van der Waals surface area contributed by atoms with Crippen molar-refractivity contribution in [2.45, 2.75) is 6.92 Å². The van der Waals surface area contributed by atoms with Crippen LogP contribution in [0.5, 0.6) is 0 Å². The summed E-state index contributed by atoms with van der Waals surface area (Å²) in [5, 5.41) is 2.73. The zero-order valence-electron chi connectivity index (χ0n) is 9.14. The molecule has 2 rings (SSSR count). The van der Waals surface area contributed by atoms with Crippen LogP contribution >= 0.6 is 11.3 Å². The lowest BCUT2D eigenvalue weighted by Gasteiger charge is -2.01. The molecule has 0 saturated heterocycles. The standard InChI is InChI=1S/C12H10N2O2S/c1-8(15)10-2-3-11(17-10)12(16)14-9-4-6-13-7-5-9/h2-7H,1H3,(H,13,14,16). The van der Waals surface area contributed by atoms with E-state index in [1.165, 1.54) is 18.3 Å². The monoisotopic (exact) mass is 246 g/mol. The summed E-state index contributed by atoms with van der Waals surface area (Å²) < 4.78 is 0. The Morgan fingerprint density at radius 1 is 1.12 bits per heavy atom. The molecule has 5 heteroatoms. The van der Waals surface area contributed by atoms with Gasteiger partial charge in [0.05, 0.1) is 9.75 Å². The van der Waals surface area contributed by atoms with Gasteiger partial charge in [-0.3, -0.25) is 14.6 Å². The minimum Gasteiger partial charge on any atom is -0.321 e. The molecule has 2 heterocycles. The highest BCUT2D eigenvalue weighted by molar-refractivity contribution is 7.16. The Balaban J connectivity index is 2.12. The smallest absolute Gasteiger partial charge is 0.265 e. The van der Waals surface area contributed by atoms with Gasteiger partial charge in [0, 0.05) is 18.1 Å². The van der Waals surface area contributed by atoms with Crippen LogP contribution in [0.1, 0.15) is 26.3 Å². The van der Waals surface area contributed by atoms with Gasteiger partial charge in [-0.05, 0) is 31.2 Å². The number of Topliss-reactive ketones (excluding diaryl/α,β-unsaturated/α-hetero) is 1. The number of anilines is 1. The molecule has 0 aromatic carbocycles. The Morgan fingerprint density at radius 2 is 1.76 bits per heavy atom. The van der Waals surface area contributed by atoms with Gasteiger partial charge in [0.25, 0.3) is 5.91 Å². The molecule has 1 amide bonds. The zero-order chi connectivity index (χ0) is 12.3. The van der Waals surface area contributed by atoms with Crippen LogP contribution < -0.4 is 5.32 Å². The third-order valence-corrected chi connectivity index (χ3v) is 3.30. The summed E-state index contributed by atoms with van der Waals surface area (Å²) in [5.74, 6) is -0.244. The van der Waals surface area contributed by atoms with Crippen molar-refractivity contribution < 1.29 is 9.59 Å². The van der Waals surface area contributed by atoms with E-state index < -0.39 is 0 Å². The number of amides is 1. The van der Waals surface area contributed by atoms with Crippen LogP contribution in [-0.4, -0.2) is 16.7 Å². The van der Waals surface area contributed by atoms with Crippen LogP contribution in [0.25, 0.3) is 0 Å². The van der Waals surface area contributed by atoms with E-state index in [2.05, 4.69) is 10.3 Å². The van der Waals surface area contributed by atoms with Crippen LogP contribution in [-0.2, 0) is 0 Å². The molecule has 0 aliphatic carbocycles. The average Bonchev–Trinajstić information content (AvgIpc) is 2.79. The molecule has 0 radical (unpaired) electrons. The molecule has 86 valence electrons. The second-order valence-corrected chi connectivity index (χ2v) is 4.49. The lowest BCUT2D eigenvalue weighted by Crippen LogP contribution is -2.09. The molecule has 0 fully saturated rings. The van der Waals surface area contributed by atoms with Gasteiger partial charge in [0.2, 0.25) is 0 Å². The number of pyridine rings is 1. The summed E-state index contributed by atoms with van der Waals surface area (Å²) in [4.78, 5) is 27.9. The molecule has 0 spiro atoms. The quantitative estimate of drug-likeness (QED) is 0.847. The Morgan fingerprint density at radius 3 is 2.35 bits per heavy atom. The predicted molar refractivity (Wildman–Crippen MR) is 66.5 cm³/mol. The average molecular weight is 246 g/mol. The van der Waals surface area contributed by atoms with Crippen LogP contribution in [0.4, 0.5) is 5.69 Å². The number of aromatic nitrogens is 1. The normalized spacial score (nSPS) is 9.94. The van der Waals surface area contributed by atoms with Gasteiger partial charge in [-0.15, -0.1) is 11.3 Å². The van der Waals surface area contributed by atoms with Gasteiger partial charge in [-0.2, -0.15) is 0 Å². The molecular formula is C12H10N2O2S. The van der Waals surface area contributed by atoms with E-state index >= 15 is 0 Å². The van der Waals surface area contributed by atoms with Crippen LogP contribution in [0, 0.1) is 0 Å². The first-order valence-corrected chi connectivity index (χ1v) is 5.80.